The highest BCUT2D eigenvalue weighted by Crippen LogP contribution is 2.10. The maximum Gasteiger partial charge on any atom is 0.215 e. The van der Waals surface area contributed by atoms with Gasteiger partial charge < -0.3 is 5.32 Å². The molecule has 1 atom stereocenters. The second kappa shape index (κ2) is 5.68. The molecule has 0 aromatic rings. The van der Waals surface area contributed by atoms with Gasteiger partial charge in [0.25, 0.3) is 0 Å². The highest BCUT2D eigenvalue weighted by atomic mass is 32.2. The van der Waals surface area contributed by atoms with Crippen LogP contribution in [0, 0.1) is 0 Å². The Morgan fingerprint density at radius 1 is 1.50 bits per heavy atom. The van der Waals surface area contributed by atoms with Crippen molar-refractivity contribution in [1.82, 2.24) is 10.0 Å². The lowest BCUT2D eigenvalue weighted by Crippen LogP contribution is -2.44. The summed E-state index contributed by atoms with van der Waals surface area (Å²) in [4.78, 5) is 0. The van der Waals surface area contributed by atoms with Gasteiger partial charge in [-0.15, -0.1) is 0 Å². The zero-order valence-electron chi connectivity index (χ0n) is 8.75. The van der Waals surface area contributed by atoms with Crippen LogP contribution in [-0.4, -0.2) is 33.3 Å². The van der Waals surface area contributed by atoms with Crippen LogP contribution in [0.1, 0.15) is 32.6 Å². The molecule has 1 rings (SSSR count). The molecule has 0 radical (unpaired) electrons. The van der Waals surface area contributed by atoms with Crippen LogP contribution < -0.4 is 10.0 Å². The van der Waals surface area contributed by atoms with Crippen molar-refractivity contribution in [2.24, 2.45) is 0 Å². The van der Waals surface area contributed by atoms with E-state index >= 15 is 0 Å². The van der Waals surface area contributed by atoms with Gasteiger partial charge in [-0.05, 0) is 25.8 Å². The summed E-state index contributed by atoms with van der Waals surface area (Å²) >= 11 is 0. The van der Waals surface area contributed by atoms with E-state index in [1.807, 2.05) is 0 Å². The van der Waals surface area contributed by atoms with Crippen molar-refractivity contribution in [2.45, 2.75) is 37.9 Å². The summed E-state index contributed by atoms with van der Waals surface area (Å²) < 4.78 is 26.1. The van der Waals surface area contributed by atoms with E-state index in [2.05, 4.69) is 17.0 Å². The molecule has 1 aliphatic rings. The molecular weight excluding hydrogens is 200 g/mol. The van der Waals surface area contributed by atoms with Crippen LogP contribution in [0.5, 0.6) is 0 Å². The number of unbranched alkanes of at least 4 members (excludes halogenated alkanes) is 1. The number of nitrogens with one attached hydrogen (secondary N) is 2. The number of piperidine rings is 1. The zero-order valence-corrected chi connectivity index (χ0v) is 9.57. The van der Waals surface area contributed by atoms with E-state index in [-0.39, 0.29) is 5.25 Å². The highest BCUT2D eigenvalue weighted by molar-refractivity contribution is 7.90. The van der Waals surface area contributed by atoms with Gasteiger partial charge in [0.1, 0.15) is 0 Å². The number of rotatable bonds is 5. The van der Waals surface area contributed by atoms with Crippen molar-refractivity contribution in [3.05, 3.63) is 0 Å². The molecule has 5 heteroatoms. The van der Waals surface area contributed by atoms with Crippen LogP contribution in [0.2, 0.25) is 0 Å². The van der Waals surface area contributed by atoms with Crippen molar-refractivity contribution in [1.29, 1.82) is 0 Å². The summed E-state index contributed by atoms with van der Waals surface area (Å²) in [5.74, 6) is 0. The minimum Gasteiger partial charge on any atom is -0.315 e. The summed E-state index contributed by atoms with van der Waals surface area (Å²) in [6, 6.07) is 0. The van der Waals surface area contributed by atoms with Crippen LogP contribution in [0.4, 0.5) is 0 Å². The predicted molar refractivity (Wildman–Crippen MR) is 57.7 cm³/mol. The lowest BCUT2D eigenvalue weighted by molar-refractivity contribution is 0.489. The Morgan fingerprint density at radius 3 is 2.86 bits per heavy atom. The van der Waals surface area contributed by atoms with Gasteiger partial charge in [-0.2, -0.15) is 0 Å². The number of sulfonamides is 1. The second-order valence-electron chi connectivity index (χ2n) is 3.76. The molecule has 0 aromatic heterocycles. The Labute approximate surface area is 86.5 Å². The van der Waals surface area contributed by atoms with Crippen LogP contribution in [-0.2, 0) is 10.0 Å². The lowest BCUT2D eigenvalue weighted by atomic mass is 10.2. The Balaban J connectivity index is 2.38. The molecule has 0 saturated carbocycles. The van der Waals surface area contributed by atoms with E-state index < -0.39 is 10.0 Å². The third-order valence-electron chi connectivity index (χ3n) is 2.52. The van der Waals surface area contributed by atoms with Gasteiger partial charge in [0.2, 0.25) is 10.0 Å². The molecule has 1 aliphatic heterocycles. The summed E-state index contributed by atoms with van der Waals surface area (Å²) in [6.45, 7) is 4.17. The zero-order chi connectivity index (χ0) is 10.4. The van der Waals surface area contributed by atoms with Crippen molar-refractivity contribution in [2.75, 3.05) is 19.6 Å². The van der Waals surface area contributed by atoms with Crippen molar-refractivity contribution < 1.29 is 8.42 Å². The van der Waals surface area contributed by atoms with E-state index in [0.29, 0.717) is 13.1 Å². The fourth-order valence-corrected chi connectivity index (χ4v) is 3.07. The van der Waals surface area contributed by atoms with Crippen molar-refractivity contribution in [3.63, 3.8) is 0 Å². The molecule has 0 amide bonds. The second-order valence-corrected chi connectivity index (χ2v) is 5.81. The predicted octanol–water partition coefficient (Wildman–Crippen LogP) is 0.458. The normalized spacial score (nSPS) is 23.6. The van der Waals surface area contributed by atoms with Gasteiger partial charge in [-0.1, -0.05) is 13.3 Å². The molecular formula is C9H20N2O2S. The smallest absolute Gasteiger partial charge is 0.215 e. The first-order chi connectivity index (χ1) is 6.67. The van der Waals surface area contributed by atoms with Crippen LogP contribution in [0.15, 0.2) is 0 Å². The maximum absolute atomic E-state index is 11.7. The van der Waals surface area contributed by atoms with Crippen molar-refractivity contribution in [3.8, 4) is 0 Å². The average Bonchev–Trinajstić information content (AvgIpc) is 2.19. The van der Waals surface area contributed by atoms with E-state index in [9.17, 15) is 8.42 Å². The molecule has 2 N–H and O–H groups in total. The summed E-state index contributed by atoms with van der Waals surface area (Å²) in [7, 11) is -3.07. The molecule has 0 bridgehead atoms. The monoisotopic (exact) mass is 220 g/mol. The van der Waals surface area contributed by atoms with Gasteiger partial charge in [-0.3, -0.25) is 0 Å². The topological polar surface area (TPSA) is 58.2 Å². The third kappa shape index (κ3) is 3.55. The minimum atomic E-state index is -3.07. The number of hydrogen-bond donors (Lipinski definition) is 2. The Bertz CT molecular complexity index is 246. The van der Waals surface area contributed by atoms with Crippen LogP contribution in [0.3, 0.4) is 0 Å². The first-order valence-corrected chi connectivity index (χ1v) is 6.90. The first kappa shape index (κ1) is 11.9. The van der Waals surface area contributed by atoms with Crippen molar-refractivity contribution >= 4 is 10.0 Å². The molecule has 0 spiro atoms. The van der Waals surface area contributed by atoms with Gasteiger partial charge in [0.15, 0.2) is 0 Å². The highest BCUT2D eigenvalue weighted by Gasteiger charge is 2.26. The summed E-state index contributed by atoms with van der Waals surface area (Å²) in [5, 5.41) is 2.88. The number of hydrogen-bond acceptors (Lipinski definition) is 3. The molecule has 14 heavy (non-hydrogen) atoms. The quantitative estimate of drug-likeness (QED) is 0.662. The summed E-state index contributed by atoms with van der Waals surface area (Å²) in [5.41, 5.74) is 0. The third-order valence-corrected chi connectivity index (χ3v) is 4.41. The molecule has 1 fully saturated rings. The molecule has 1 unspecified atom stereocenters. The Hall–Kier alpha value is -0.130. The fourth-order valence-electron chi connectivity index (χ4n) is 1.59. The fraction of sp³-hybridized carbons (Fsp3) is 1.00. The van der Waals surface area contributed by atoms with Gasteiger partial charge in [0, 0.05) is 13.1 Å². The minimum absolute atomic E-state index is 0.229. The Kier molecular flexibility index (Phi) is 4.84. The average molecular weight is 220 g/mol. The largest absolute Gasteiger partial charge is 0.315 e. The van der Waals surface area contributed by atoms with Gasteiger partial charge >= 0.3 is 0 Å². The van der Waals surface area contributed by atoms with E-state index in [1.54, 1.807) is 0 Å². The molecule has 0 aromatic carbocycles. The van der Waals surface area contributed by atoms with E-state index in [1.165, 1.54) is 0 Å². The van der Waals surface area contributed by atoms with Gasteiger partial charge in [-0.25, -0.2) is 13.1 Å². The first-order valence-electron chi connectivity index (χ1n) is 5.36. The van der Waals surface area contributed by atoms with Crippen LogP contribution >= 0.6 is 0 Å². The standard InChI is InChI=1S/C9H20N2O2S/c1-2-3-7-11-14(12,13)9-5-4-6-10-8-9/h9-11H,2-8H2,1H3. The Morgan fingerprint density at radius 2 is 2.29 bits per heavy atom. The molecule has 4 nitrogen and oxygen atoms in total. The molecule has 0 aliphatic carbocycles. The molecule has 84 valence electrons. The van der Waals surface area contributed by atoms with E-state index in [4.69, 9.17) is 0 Å². The molecule has 1 saturated heterocycles. The van der Waals surface area contributed by atoms with Crippen LogP contribution in [0.25, 0.3) is 0 Å². The van der Waals surface area contributed by atoms with Gasteiger partial charge in [0.05, 0.1) is 5.25 Å². The van der Waals surface area contributed by atoms with E-state index in [0.717, 1.165) is 32.2 Å². The summed E-state index contributed by atoms with van der Waals surface area (Å²) in [6.07, 6.45) is 3.68. The lowest BCUT2D eigenvalue weighted by Gasteiger charge is -2.22. The SMILES string of the molecule is CCCCNS(=O)(=O)C1CCCNC1. The maximum atomic E-state index is 11.7. The molecule has 1 heterocycles.